The Bertz CT molecular complexity index is 332. The zero-order valence-electron chi connectivity index (χ0n) is 9.52. The Labute approximate surface area is 97.7 Å². The molecule has 0 fully saturated rings. The van der Waals surface area contributed by atoms with Crippen LogP contribution in [-0.2, 0) is 14.4 Å². The average Bonchev–Trinajstić information content (AvgIpc) is 2.18. The molecule has 7 nitrogen and oxygen atoms in total. The van der Waals surface area contributed by atoms with Gasteiger partial charge in [-0.2, -0.15) is 0 Å². The molecule has 0 spiro atoms. The van der Waals surface area contributed by atoms with Crippen molar-refractivity contribution >= 4 is 17.9 Å². The highest BCUT2D eigenvalue weighted by molar-refractivity contribution is 5.90. The number of rotatable bonds is 7. The van der Waals surface area contributed by atoms with Crippen molar-refractivity contribution in [3.05, 3.63) is 0 Å². The van der Waals surface area contributed by atoms with Crippen LogP contribution < -0.4 is 15.3 Å². The smallest absolute Gasteiger partial charge is 0.120 e. The number of carbonyl (C=O) groups is 3. The molecule has 1 N–H and O–H groups in total. The summed E-state index contributed by atoms with van der Waals surface area (Å²) in [5.74, 6) is -5.89. The molecule has 0 saturated heterocycles. The van der Waals surface area contributed by atoms with E-state index in [9.17, 15) is 34.8 Å². The van der Waals surface area contributed by atoms with Gasteiger partial charge >= 0.3 is 0 Å². The molecule has 0 aromatic carbocycles. The maximum absolute atomic E-state index is 11.0. The monoisotopic (exact) mass is 245 g/mol. The maximum Gasteiger partial charge on any atom is 0.120 e. The van der Waals surface area contributed by atoms with Crippen molar-refractivity contribution in [3.8, 4) is 0 Å². The van der Waals surface area contributed by atoms with E-state index in [2.05, 4.69) is 0 Å². The molecule has 0 saturated carbocycles. The van der Waals surface area contributed by atoms with Gasteiger partial charge in [0, 0.05) is 17.8 Å². The van der Waals surface area contributed by atoms with E-state index in [1.807, 2.05) is 0 Å². The van der Waals surface area contributed by atoms with Gasteiger partial charge in [0.25, 0.3) is 0 Å². The van der Waals surface area contributed by atoms with E-state index in [4.69, 9.17) is 0 Å². The summed E-state index contributed by atoms with van der Waals surface area (Å²) >= 11 is 0. The van der Waals surface area contributed by atoms with Gasteiger partial charge in [-0.3, -0.25) is 0 Å². The van der Waals surface area contributed by atoms with Crippen LogP contribution in [0.3, 0.4) is 0 Å². The maximum atomic E-state index is 11.0. The van der Waals surface area contributed by atoms with Crippen molar-refractivity contribution in [2.45, 2.75) is 38.7 Å². The molecule has 7 heteroatoms. The Morgan fingerprint density at radius 3 is 1.59 bits per heavy atom. The number of carboxylic acids is 3. The Kier molecular flexibility index (Phi) is 4.64. The van der Waals surface area contributed by atoms with Crippen LogP contribution in [0.1, 0.15) is 33.1 Å². The number of carboxylic acid groups (broad SMARTS) is 3. The zero-order valence-corrected chi connectivity index (χ0v) is 9.52. The minimum absolute atomic E-state index is 0.316. The fourth-order valence-electron chi connectivity index (χ4n) is 1.94. The first-order valence-corrected chi connectivity index (χ1v) is 5.03. The summed E-state index contributed by atoms with van der Waals surface area (Å²) in [6, 6.07) is 0. The summed E-state index contributed by atoms with van der Waals surface area (Å²) < 4.78 is 0. The second-order valence-electron chi connectivity index (χ2n) is 3.77. The highest BCUT2D eigenvalue weighted by atomic mass is 16.4. The third-order valence-electron chi connectivity index (χ3n) is 3.13. The molecule has 0 aromatic rings. The Morgan fingerprint density at radius 2 is 1.41 bits per heavy atom. The van der Waals surface area contributed by atoms with Gasteiger partial charge in [0.15, 0.2) is 0 Å². The topological polar surface area (TPSA) is 141 Å². The van der Waals surface area contributed by atoms with Gasteiger partial charge in [0.2, 0.25) is 0 Å². The molecule has 1 atom stereocenters. The fourth-order valence-corrected chi connectivity index (χ4v) is 1.94. The molecule has 0 aliphatic carbocycles. The van der Waals surface area contributed by atoms with Gasteiger partial charge in [-0.1, -0.05) is 13.8 Å². The van der Waals surface area contributed by atoms with Crippen LogP contribution in [0.5, 0.6) is 0 Å². The van der Waals surface area contributed by atoms with E-state index in [1.54, 1.807) is 0 Å². The molecular formula is C10H13O7-3. The molecular weight excluding hydrogens is 232 g/mol. The zero-order chi connectivity index (χ0) is 13.9. The molecule has 0 aliphatic rings. The summed E-state index contributed by atoms with van der Waals surface area (Å²) in [7, 11) is 0. The SMILES string of the molecule is CCC(CC)(C(=O)[O-])C(O)(CC(=O)[O-])C(=O)[O-]. The number of hydrogen-bond donors (Lipinski definition) is 1. The molecule has 98 valence electrons. The molecule has 0 rings (SSSR count). The number of aliphatic hydroxyl groups is 1. The lowest BCUT2D eigenvalue weighted by Crippen LogP contribution is -2.66. The van der Waals surface area contributed by atoms with Gasteiger partial charge in [0.1, 0.15) is 5.60 Å². The third kappa shape index (κ3) is 2.38. The first-order chi connectivity index (χ1) is 7.67. The van der Waals surface area contributed by atoms with Gasteiger partial charge in [-0.05, 0) is 12.8 Å². The third-order valence-corrected chi connectivity index (χ3v) is 3.13. The summed E-state index contributed by atoms with van der Waals surface area (Å²) in [5, 5.41) is 42.2. The fraction of sp³-hybridized carbons (Fsp3) is 0.700. The van der Waals surface area contributed by atoms with E-state index in [0.29, 0.717) is 0 Å². The van der Waals surface area contributed by atoms with E-state index < -0.39 is 35.3 Å². The number of carbonyl (C=O) groups excluding carboxylic acids is 3. The lowest BCUT2D eigenvalue weighted by atomic mass is 9.66. The quantitative estimate of drug-likeness (QED) is 0.484. The second-order valence-corrected chi connectivity index (χ2v) is 3.77. The van der Waals surface area contributed by atoms with Crippen LogP contribution in [0.4, 0.5) is 0 Å². The van der Waals surface area contributed by atoms with Crippen LogP contribution in [0.2, 0.25) is 0 Å². The molecule has 0 aromatic heterocycles. The van der Waals surface area contributed by atoms with Gasteiger partial charge in [0.05, 0.1) is 11.9 Å². The van der Waals surface area contributed by atoms with Crippen LogP contribution >= 0.6 is 0 Å². The highest BCUT2D eigenvalue weighted by Crippen LogP contribution is 2.40. The van der Waals surface area contributed by atoms with Crippen LogP contribution in [0, 0.1) is 5.41 Å². The van der Waals surface area contributed by atoms with Crippen molar-refractivity contribution in [3.63, 3.8) is 0 Å². The second kappa shape index (κ2) is 5.13. The Hall–Kier alpha value is -1.63. The van der Waals surface area contributed by atoms with E-state index in [1.165, 1.54) is 13.8 Å². The molecule has 1 unspecified atom stereocenters. The Morgan fingerprint density at radius 1 is 1.00 bits per heavy atom. The highest BCUT2D eigenvalue weighted by Gasteiger charge is 2.50. The lowest BCUT2D eigenvalue weighted by Gasteiger charge is -2.48. The summed E-state index contributed by atoms with van der Waals surface area (Å²) in [5.41, 5.74) is -5.29. The van der Waals surface area contributed by atoms with Gasteiger partial charge < -0.3 is 34.8 Å². The van der Waals surface area contributed by atoms with Gasteiger partial charge in [-0.15, -0.1) is 0 Å². The van der Waals surface area contributed by atoms with Crippen LogP contribution in [0.15, 0.2) is 0 Å². The molecule has 0 radical (unpaired) electrons. The number of hydrogen-bond acceptors (Lipinski definition) is 7. The van der Waals surface area contributed by atoms with Crippen molar-refractivity contribution in [2.24, 2.45) is 5.41 Å². The van der Waals surface area contributed by atoms with E-state index >= 15 is 0 Å². The van der Waals surface area contributed by atoms with Gasteiger partial charge in [-0.25, -0.2) is 0 Å². The first kappa shape index (κ1) is 15.4. The minimum atomic E-state index is -3.06. The van der Waals surface area contributed by atoms with E-state index in [-0.39, 0.29) is 12.8 Å². The first-order valence-electron chi connectivity index (χ1n) is 5.03. The Balaban J connectivity index is 5.77. The largest absolute Gasteiger partial charge is 0.550 e. The molecule has 0 amide bonds. The molecule has 0 aliphatic heterocycles. The number of aliphatic carboxylic acids is 3. The predicted molar refractivity (Wildman–Crippen MR) is 47.6 cm³/mol. The van der Waals surface area contributed by atoms with E-state index in [0.717, 1.165) is 0 Å². The minimum Gasteiger partial charge on any atom is -0.550 e. The van der Waals surface area contributed by atoms with Crippen molar-refractivity contribution < 1.29 is 34.8 Å². The summed E-state index contributed by atoms with van der Waals surface area (Å²) in [6.07, 6.45) is -2.00. The average molecular weight is 245 g/mol. The van der Waals surface area contributed by atoms with Crippen molar-refractivity contribution in [2.75, 3.05) is 0 Å². The summed E-state index contributed by atoms with van der Waals surface area (Å²) in [6.45, 7) is 2.62. The van der Waals surface area contributed by atoms with Crippen molar-refractivity contribution in [1.29, 1.82) is 0 Å². The van der Waals surface area contributed by atoms with Crippen LogP contribution in [-0.4, -0.2) is 28.6 Å². The standard InChI is InChI=1S/C10H16O7/c1-3-9(4-2,7(13)14)10(17,8(15)16)5-6(11)12/h17H,3-5H2,1-2H3,(H,11,12)(H,13,14)(H,15,16)/p-3. The van der Waals surface area contributed by atoms with Crippen molar-refractivity contribution in [1.82, 2.24) is 0 Å². The molecule has 0 bridgehead atoms. The predicted octanol–water partition coefficient (Wildman–Crippen LogP) is -3.84. The molecule has 17 heavy (non-hydrogen) atoms. The van der Waals surface area contributed by atoms with Crippen LogP contribution in [0.25, 0.3) is 0 Å². The molecule has 0 heterocycles. The lowest BCUT2D eigenvalue weighted by molar-refractivity contribution is -0.357. The normalized spacial score (nSPS) is 15.0. The summed E-state index contributed by atoms with van der Waals surface area (Å²) in [4.78, 5) is 32.4.